The van der Waals surface area contributed by atoms with Gasteiger partial charge in [-0.15, -0.1) is 5.10 Å². The van der Waals surface area contributed by atoms with E-state index >= 15 is 0 Å². The molecule has 0 aliphatic heterocycles. The summed E-state index contributed by atoms with van der Waals surface area (Å²) in [6.07, 6.45) is 5.08. The minimum absolute atomic E-state index is 0.0487. The van der Waals surface area contributed by atoms with Gasteiger partial charge in [0, 0.05) is 22.8 Å². The van der Waals surface area contributed by atoms with Gasteiger partial charge in [-0.2, -0.15) is 4.68 Å². The maximum atomic E-state index is 11.1. The average molecular weight is 413 g/mol. The fourth-order valence-electron chi connectivity index (χ4n) is 4.01. The molecule has 0 atom stereocenters. The second kappa shape index (κ2) is 7.79. The predicted molar refractivity (Wildman–Crippen MR) is 110 cm³/mol. The highest BCUT2D eigenvalue weighted by molar-refractivity contribution is 6.30. The van der Waals surface area contributed by atoms with Crippen LogP contribution in [0.1, 0.15) is 43.5 Å². The fourth-order valence-corrected chi connectivity index (χ4v) is 4.13. The van der Waals surface area contributed by atoms with Crippen molar-refractivity contribution in [2.75, 3.05) is 5.32 Å². The van der Waals surface area contributed by atoms with Crippen LogP contribution in [0.5, 0.6) is 0 Å². The van der Waals surface area contributed by atoms with Gasteiger partial charge in [-0.1, -0.05) is 30.9 Å². The van der Waals surface area contributed by atoms with E-state index in [2.05, 4.69) is 20.8 Å². The van der Waals surface area contributed by atoms with E-state index in [0.717, 1.165) is 42.6 Å². The van der Waals surface area contributed by atoms with Crippen molar-refractivity contribution >= 4 is 23.0 Å². The molecule has 1 heterocycles. The number of aromatic nitrogens is 4. The fraction of sp³-hybridized carbons (Fsp3) is 0.350. The van der Waals surface area contributed by atoms with Crippen molar-refractivity contribution in [3.8, 4) is 5.69 Å². The van der Waals surface area contributed by atoms with Crippen LogP contribution in [0.2, 0.25) is 5.02 Å². The lowest BCUT2D eigenvalue weighted by Crippen LogP contribution is -2.40. The Hall–Kier alpha value is -3.00. The van der Waals surface area contributed by atoms with Gasteiger partial charge in [0.2, 0.25) is 0 Å². The third kappa shape index (κ3) is 3.80. The van der Waals surface area contributed by atoms with Gasteiger partial charge in [0.15, 0.2) is 5.82 Å². The first-order valence-electron chi connectivity index (χ1n) is 9.57. The molecule has 0 saturated heterocycles. The molecule has 0 spiro atoms. The van der Waals surface area contributed by atoms with Crippen molar-refractivity contribution in [3.05, 3.63) is 69.0 Å². The quantitative estimate of drug-likeness (QED) is 0.477. The minimum Gasteiger partial charge on any atom is -0.373 e. The zero-order valence-electron chi connectivity index (χ0n) is 16.0. The zero-order valence-corrected chi connectivity index (χ0v) is 16.8. The third-order valence-corrected chi connectivity index (χ3v) is 5.70. The molecule has 1 N–H and O–H groups in total. The monoisotopic (exact) mass is 412 g/mol. The number of anilines is 1. The first-order chi connectivity index (χ1) is 14.0. The van der Waals surface area contributed by atoms with Crippen LogP contribution in [-0.4, -0.2) is 25.1 Å². The van der Waals surface area contributed by atoms with Crippen LogP contribution in [0, 0.1) is 17.0 Å². The highest BCUT2D eigenvalue weighted by Gasteiger charge is 2.39. The molecule has 8 nitrogen and oxygen atoms in total. The molecule has 1 aromatic heterocycles. The number of halogens is 1. The normalized spacial score (nSPS) is 15.8. The van der Waals surface area contributed by atoms with E-state index in [9.17, 15) is 10.1 Å². The van der Waals surface area contributed by atoms with E-state index < -0.39 is 10.5 Å². The zero-order chi connectivity index (χ0) is 20.4. The molecule has 9 heteroatoms. The number of benzene rings is 2. The summed E-state index contributed by atoms with van der Waals surface area (Å²) in [6.45, 7) is 1.83. The summed E-state index contributed by atoms with van der Waals surface area (Å²) in [7, 11) is 0. The Morgan fingerprint density at radius 1 is 1.14 bits per heavy atom. The smallest absolute Gasteiger partial charge is 0.269 e. The second-order valence-electron chi connectivity index (χ2n) is 7.42. The molecule has 0 radical (unpaired) electrons. The summed E-state index contributed by atoms with van der Waals surface area (Å²) >= 11 is 6.03. The molecule has 29 heavy (non-hydrogen) atoms. The van der Waals surface area contributed by atoms with E-state index in [0.29, 0.717) is 10.8 Å². The summed E-state index contributed by atoms with van der Waals surface area (Å²) in [4.78, 5) is 10.7. The Kier molecular flexibility index (Phi) is 5.19. The van der Waals surface area contributed by atoms with Crippen molar-refractivity contribution in [1.82, 2.24) is 20.2 Å². The molecule has 4 rings (SSSR count). The molecule has 0 bridgehead atoms. The van der Waals surface area contributed by atoms with Crippen LogP contribution < -0.4 is 5.32 Å². The Labute approximate surface area is 173 Å². The van der Waals surface area contributed by atoms with Gasteiger partial charge in [-0.3, -0.25) is 10.1 Å². The van der Waals surface area contributed by atoms with Gasteiger partial charge in [0.25, 0.3) is 5.69 Å². The van der Waals surface area contributed by atoms with Crippen molar-refractivity contribution in [2.45, 2.75) is 44.6 Å². The summed E-state index contributed by atoms with van der Waals surface area (Å²) in [5, 5.41) is 28.0. The Morgan fingerprint density at radius 2 is 1.86 bits per heavy atom. The van der Waals surface area contributed by atoms with E-state index in [1.165, 1.54) is 12.5 Å². The lowest BCUT2D eigenvalue weighted by molar-refractivity contribution is -0.384. The number of hydrogen-bond donors (Lipinski definition) is 1. The largest absolute Gasteiger partial charge is 0.373 e. The molecule has 0 amide bonds. The molecule has 0 unspecified atom stereocenters. The van der Waals surface area contributed by atoms with Gasteiger partial charge in [0.1, 0.15) is 0 Å². The number of hydrogen-bond acceptors (Lipinski definition) is 6. The number of nitrogens with zero attached hydrogens (tertiary/aromatic N) is 5. The standard InChI is InChI=1S/C20H21ClN6O2/c1-14-13-17(27(28)29)9-10-18(14)26-19(23-24-25-26)20(11-3-2-4-12-20)22-16-7-5-15(21)6-8-16/h5-10,13,22H,2-4,11-12H2,1H3. The average Bonchev–Trinajstić information content (AvgIpc) is 3.21. The Balaban J connectivity index is 1.77. The van der Waals surface area contributed by atoms with Crippen molar-refractivity contribution in [2.24, 2.45) is 0 Å². The number of tetrazole rings is 1. The number of aryl methyl sites for hydroxylation is 1. The highest BCUT2D eigenvalue weighted by atomic mass is 35.5. The van der Waals surface area contributed by atoms with Gasteiger partial charge in [-0.25, -0.2) is 0 Å². The second-order valence-corrected chi connectivity index (χ2v) is 7.85. The lowest BCUT2D eigenvalue weighted by Gasteiger charge is -2.37. The van der Waals surface area contributed by atoms with E-state index in [1.54, 1.807) is 16.8 Å². The lowest BCUT2D eigenvalue weighted by atomic mass is 9.80. The van der Waals surface area contributed by atoms with Crippen molar-refractivity contribution in [1.29, 1.82) is 0 Å². The van der Waals surface area contributed by atoms with Crippen LogP contribution in [0.25, 0.3) is 5.69 Å². The molecule has 1 aliphatic carbocycles. The molecule has 2 aromatic carbocycles. The number of nitrogens with one attached hydrogen (secondary N) is 1. The first kappa shape index (κ1) is 19.3. The Morgan fingerprint density at radius 3 is 2.52 bits per heavy atom. The van der Waals surface area contributed by atoms with E-state index in [-0.39, 0.29) is 5.69 Å². The van der Waals surface area contributed by atoms with Crippen LogP contribution in [0.4, 0.5) is 11.4 Å². The topological polar surface area (TPSA) is 98.8 Å². The number of nitro benzene ring substituents is 1. The van der Waals surface area contributed by atoms with Gasteiger partial charge >= 0.3 is 0 Å². The number of nitro groups is 1. The van der Waals surface area contributed by atoms with Crippen LogP contribution in [0.15, 0.2) is 42.5 Å². The molecular weight excluding hydrogens is 392 g/mol. The predicted octanol–water partition coefficient (Wildman–Crippen LogP) is 4.80. The van der Waals surface area contributed by atoms with Crippen molar-refractivity contribution in [3.63, 3.8) is 0 Å². The van der Waals surface area contributed by atoms with E-state index in [4.69, 9.17) is 11.6 Å². The minimum atomic E-state index is -0.427. The summed E-state index contributed by atoms with van der Waals surface area (Å²) in [5.74, 6) is 0.712. The van der Waals surface area contributed by atoms with Crippen LogP contribution in [0.3, 0.4) is 0 Å². The SMILES string of the molecule is Cc1cc([N+](=O)[O-])ccc1-n1nnnc1C1(Nc2ccc(Cl)cc2)CCCCC1. The van der Waals surface area contributed by atoms with Crippen molar-refractivity contribution < 1.29 is 4.92 Å². The molecule has 1 saturated carbocycles. The van der Waals surface area contributed by atoms with Gasteiger partial charge in [-0.05, 0) is 66.1 Å². The molecule has 150 valence electrons. The molecule has 1 fully saturated rings. The first-order valence-corrected chi connectivity index (χ1v) is 9.94. The summed E-state index contributed by atoms with van der Waals surface area (Å²) in [5.41, 5.74) is 2.05. The summed E-state index contributed by atoms with van der Waals surface area (Å²) in [6, 6.07) is 12.3. The maximum absolute atomic E-state index is 11.1. The maximum Gasteiger partial charge on any atom is 0.269 e. The highest BCUT2D eigenvalue weighted by Crippen LogP contribution is 2.40. The molecule has 3 aromatic rings. The van der Waals surface area contributed by atoms with Crippen LogP contribution >= 0.6 is 11.6 Å². The van der Waals surface area contributed by atoms with Gasteiger partial charge < -0.3 is 5.32 Å². The number of non-ortho nitro benzene ring substituents is 1. The molecule has 1 aliphatic rings. The summed E-state index contributed by atoms with van der Waals surface area (Å²) < 4.78 is 1.70. The third-order valence-electron chi connectivity index (χ3n) is 5.45. The number of rotatable bonds is 5. The Bertz CT molecular complexity index is 1030. The van der Waals surface area contributed by atoms with Crippen LogP contribution in [-0.2, 0) is 5.54 Å². The van der Waals surface area contributed by atoms with Gasteiger partial charge in [0.05, 0.1) is 16.1 Å². The van der Waals surface area contributed by atoms with E-state index in [1.807, 2.05) is 31.2 Å². The molecular formula is C20H21ClN6O2.